The predicted molar refractivity (Wildman–Crippen MR) is 72.3 cm³/mol. The van der Waals surface area contributed by atoms with Crippen molar-refractivity contribution in [1.29, 1.82) is 0 Å². The molecule has 0 bridgehead atoms. The van der Waals surface area contributed by atoms with E-state index in [9.17, 15) is 4.79 Å². The zero-order valence-corrected chi connectivity index (χ0v) is 11.7. The Morgan fingerprint density at radius 2 is 1.76 bits per heavy atom. The maximum absolute atomic E-state index is 11.6. The Labute approximate surface area is 109 Å². The SMILES string of the molecule is CC(Cl)C(=O)N(C)Cc1ccc(C(C)C)cc1. The second kappa shape index (κ2) is 6.06. The molecule has 0 aliphatic rings. The molecule has 0 saturated carbocycles. The molecule has 94 valence electrons. The van der Waals surface area contributed by atoms with Gasteiger partial charge in [0.15, 0.2) is 0 Å². The van der Waals surface area contributed by atoms with Crippen molar-refractivity contribution in [2.75, 3.05) is 7.05 Å². The van der Waals surface area contributed by atoms with Crippen LogP contribution in [-0.2, 0) is 11.3 Å². The summed E-state index contributed by atoms with van der Waals surface area (Å²) in [6.45, 7) is 6.64. The van der Waals surface area contributed by atoms with Gasteiger partial charge in [-0.05, 0) is 24.0 Å². The smallest absolute Gasteiger partial charge is 0.240 e. The minimum atomic E-state index is -0.463. The average molecular weight is 254 g/mol. The summed E-state index contributed by atoms with van der Waals surface area (Å²) < 4.78 is 0. The van der Waals surface area contributed by atoms with Crippen molar-refractivity contribution in [2.24, 2.45) is 0 Å². The van der Waals surface area contributed by atoms with Gasteiger partial charge in [-0.1, -0.05) is 38.1 Å². The van der Waals surface area contributed by atoms with Crippen molar-refractivity contribution in [3.8, 4) is 0 Å². The molecule has 0 radical (unpaired) electrons. The maximum Gasteiger partial charge on any atom is 0.240 e. The molecule has 0 fully saturated rings. The third kappa shape index (κ3) is 4.04. The fourth-order valence-electron chi connectivity index (χ4n) is 1.66. The quantitative estimate of drug-likeness (QED) is 0.754. The zero-order valence-electron chi connectivity index (χ0n) is 10.9. The van der Waals surface area contributed by atoms with Crippen LogP contribution in [-0.4, -0.2) is 23.2 Å². The predicted octanol–water partition coefficient (Wildman–Crippen LogP) is 3.40. The zero-order chi connectivity index (χ0) is 13.0. The number of rotatable bonds is 4. The fourth-order valence-corrected chi connectivity index (χ4v) is 1.83. The van der Waals surface area contributed by atoms with Crippen molar-refractivity contribution in [1.82, 2.24) is 4.90 Å². The normalized spacial score (nSPS) is 12.6. The Kier molecular flexibility index (Phi) is 5.01. The van der Waals surface area contributed by atoms with E-state index in [4.69, 9.17) is 11.6 Å². The summed E-state index contributed by atoms with van der Waals surface area (Å²) in [5.74, 6) is 0.492. The van der Waals surface area contributed by atoms with E-state index in [2.05, 4.69) is 38.1 Å². The molecule has 1 aromatic carbocycles. The minimum absolute atomic E-state index is 0.0420. The molecule has 17 heavy (non-hydrogen) atoms. The van der Waals surface area contributed by atoms with Crippen molar-refractivity contribution in [3.05, 3.63) is 35.4 Å². The van der Waals surface area contributed by atoms with Gasteiger partial charge in [0.2, 0.25) is 5.91 Å². The first-order chi connectivity index (χ1) is 7.91. The van der Waals surface area contributed by atoms with Gasteiger partial charge in [-0.25, -0.2) is 0 Å². The lowest BCUT2D eigenvalue weighted by Crippen LogP contribution is -2.31. The Morgan fingerprint density at radius 1 is 1.24 bits per heavy atom. The monoisotopic (exact) mass is 253 g/mol. The molecule has 1 amide bonds. The molecule has 0 heterocycles. The molecule has 0 aliphatic heterocycles. The second-order valence-electron chi connectivity index (χ2n) is 4.71. The highest BCUT2D eigenvalue weighted by atomic mass is 35.5. The van der Waals surface area contributed by atoms with Crippen molar-refractivity contribution in [2.45, 2.75) is 38.6 Å². The molecule has 2 nitrogen and oxygen atoms in total. The van der Waals surface area contributed by atoms with Crippen LogP contribution in [0.25, 0.3) is 0 Å². The van der Waals surface area contributed by atoms with E-state index in [-0.39, 0.29) is 5.91 Å². The van der Waals surface area contributed by atoms with Gasteiger partial charge >= 0.3 is 0 Å². The highest BCUT2D eigenvalue weighted by Crippen LogP contribution is 2.15. The van der Waals surface area contributed by atoms with Gasteiger partial charge in [0, 0.05) is 13.6 Å². The van der Waals surface area contributed by atoms with Crippen LogP contribution in [0.15, 0.2) is 24.3 Å². The number of benzene rings is 1. The third-order valence-corrected chi connectivity index (χ3v) is 2.97. The van der Waals surface area contributed by atoms with Crippen molar-refractivity contribution in [3.63, 3.8) is 0 Å². The molecule has 0 saturated heterocycles. The van der Waals surface area contributed by atoms with E-state index in [1.54, 1.807) is 18.9 Å². The Bertz CT molecular complexity index is 370. The Hall–Kier alpha value is -1.02. The van der Waals surface area contributed by atoms with Crippen LogP contribution in [0.1, 0.15) is 37.8 Å². The van der Waals surface area contributed by atoms with E-state index in [1.807, 2.05) is 0 Å². The van der Waals surface area contributed by atoms with Crippen molar-refractivity contribution >= 4 is 17.5 Å². The van der Waals surface area contributed by atoms with Gasteiger partial charge in [0.1, 0.15) is 5.38 Å². The first-order valence-electron chi connectivity index (χ1n) is 5.89. The molecule has 1 aromatic rings. The van der Waals surface area contributed by atoms with Crippen LogP contribution < -0.4 is 0 Å². The highest BCUT2D eigenvalue weighted by Gasteiger charge is 2.14. The fraction of sp³-hybridized carbons (Fsp3) is 0.500. The number of carbonyl (C=O) groups is 1. The lowest BCUT2D eigenvalue weighted by molar-refractivity contribution is -0.129. The van der Waals surface area contributed by atoms with E-state index in [0.717, 1.165) is 5.56 Å². The molecule has 3 heteroatoms. The van der Waals surface area contributed by atoms with Crippen molar-refractivity contribution < 1.29 is 4.79 Å². The maximum atomic E-state index is 11.6. The number of amides is 1. The summed E-state index contributed by atoms with van der Waals surface area (Å²) in [6.07, 6.45) is 0. The molecule has 0 spiro atoms. The van der Waals surface area contributed by atoms with Gasteiger partial charge < -0.3 is 4.90 Å². The van der Waals surface area contributed by atoms with Crippen LogP contribution in [0, 0.1) is 0 Å². The number of hydrogen-bond acceptors (Lipinski definition) is 1. The molecule has 0 aliphatic carbocycles. The lowest BCUT2D eigenvalue weighted by Gasteiger charge is -2.18. The third-order valence-electron chi connectivity index (χ3n) is 2.78. The number of alkyl halides is 1. The van der Waals surface area contributed by atoms with E-state index < -0.39 is 5.38 Å². The summed E-state index contributed by atoms with van der Waals surface area (Å²) in [6, 6.07) is 8.36. The first-order valence-corrected chi connectivity index (χ1v) is 6.33. The van der Waals surface area contributed by atoms with Gasteiger partial charge in [0.05, 0.1) is 0 Å². The minimum Gasteiger partial charge on any atom is -0.340 e. The van der Waals surface area contributed by atoms with Crippen LogP contribution in [0.5, 0.6) is 0 Å². The topological polar surface area (TPSA) is 20.3 Å². The summed E-state index contributed by atoms with van der Waals surface area (Å²) >= 11 is 5.76. The largest absolute Gasteiger partial charge is 0.340 e. The number of halogens is 1. The molecule has 1 atom stereocenters. The molecule has 1 rings (SSSR count). The van der Waals surface area contributed by atoms with Gasteiger partial charge in [-0.2, -0.15) is 0 Å². The van der Waals surface area contributed by atoms with Crippen LogP contribution in [0.2, 0.25) is 0 Å². The summed E-state index contributed by atoms with van der Waals surface area (Å²) in [4.78, 5) is 13.3. The lowest BCUT2D eigenvalue weighted by atomic mass is 10.0. The molecule has 0 aromatic heterocycles. The number of carbonyl (C=O) groups excluding carboxylic acids is 1. The van der Waals surface area contributed by atoms with E-state index in [1.165, 1.54) is 5.56 Å². The van der Waals surface area contributed by atoms with E-state index >= 15 is 0 Å². The van der Waals surface area contributed by atoms with Gasteiger partial charge in [-0.15, -0.1) is 11.6 Å². The first kappa shape index (κ1) is 14.0. The van der Waals surface area contributed by atoms with Crippen LogP contribution in [0.3, 0.4) is 0 Å². The molecular formula is C14H20ClNO. The molecule has 1 unspecified atom stereocenters. The Morgan fingerprint density at radius 3 is 2.18 bits per heavy atom. The Balaban J connectivity index is 2.66. The van der Waals surface area contributed by atoms with E-state index in [0.29, 0.717) is 12.5 Å². The second-order valence-corrected chi connectivity index (χ2v) is 5.36. The standard InChI is InChI=1S/C14H20ClNO/c1-10(2)13-7-5-12(6-8-13)9-16(4)14(17)11(3)15/h5-8,10-11H,9H2,1-4H3. The number of hydrogen-bond donors (Lipinski definition) is 0. The average Bonchev–Trinajstić information content (AvgIpc) is 2.28. The summed E-state index contributed by atoms with van der Waals surface area (Å²) in [5, 5.41) is -0.463. The highest BCUT2D eigenvalue weighted by molar-refractivity contribution is 6.30. The summed E-state index contributed by atoms with van der Waals surface area (Å²) in [5.41, 5.74) is 2.44. The molecule has 0 N–H and O–H groups in total. The van der Waals surface area contributed by atoms with Crippen LogP contribution in [0.4, 0.5) is 0 Å². The van der Waals surface area contributed by atoms with Gasteiger partial charge in [0.25, 0.3) is 0 Å². The number of nitrogens with zero attached hydrogens (tertiary/aromatic N) is 1. The van der Waals surface area contributed by atoms with Gasteiger partial charge in [-0.3, -0.25) is 4.79 Å². The molecular weight excluding hydrogens is 234 g/mol. The van der Waals surface area contributed by atoms with Crippen LogP contribution >= 0.6 is 11.6 Å². The summed E-state index contributed by atoms with van der Waals surface area (Å²) in [7, 11) is 1.78.